The maximum absolute atomic E-state index is 12.7. The van der Waals surface area contributed by atoms with Gasteiger partial charge in [0.2, 0.25) is 11.8 Å². The van der Waals surface area contributed by atoms with Gasteiger partial charge < -0.3 is 36.7 Å². The predicted octanol–water partition coefficient (Wildman–Crippen LogP) is 2.69. The number of aliphatic imine (C=N–C) groups is 1. The van der Waals surface area contributed by atoms with Crippen LogP contribution in [0.4, 0.5) is 5.69 Å². The molecule has 2 unspecified atom stereocenters. The lowest BCUT2D eigenvalue weighted by Gasteiger charge is -2.19. The highest BCUT2D eigenvalue weighted by atomic mass is 16.6. The minimum absolute atomic E-state index is 0.00851. The first-order chi connectivity index (χ1) is 19.5. The lowest BCUT2D eigenvalue weighted by molar-refractivity contribution is -0.385. The molecule has 0 aliphatic carbocycles. The molecule has 7 N–H and O–H groups in total. The molecule has 2 amide bonds. The molecule has 13 heteroatoms. The van der Waals surface area contributed by atoms with Gasteiger partial charge in [0.15, 0.2) is 17.5 Å². The lowest BCUT2D eigenvalue weighted by Crippen LogP contribution is -2.32. The molecule has 0 bridgehead atoms. The smallest absolute Gasteiger partial charge is 0.278 e. The van der Waals surface area contributed by atoms with Crippen molar-refractivity contribution in [3.05, 3.63) is 57.6 Å². The number of rotatable bonds is 17. The summed E-state index contributed by atoms with van der Waals surface area (Å²) >= 11 is 0. The van der Waals surface area contributed by atoms with E-state index in [-0.39, 0.29) is 65.2 Å². The monoisotopic (exact) mass is 572 g/mol. The molecule has 224 valence electrons. The average Bonchev–Trinajstić information content (AvgIpc) is 2.93. The van der Waals surface area contributed by atoms with Crippen LogP contribution in [-0.2, 0) is 16.0 Å². The number of carbonyl (C=O) groups excluding carboxylic acids is 2. The molecular formula is C28H40N6O7. The maximum atomic E-state index is 12.7. The Morgan fingerprint density at radius 3 is 2.46 bits per heavy atom. The van der Waals surface area contributed by atoms with Crippen LogP contribution in [0.25, 0.3) is 0 Å². The fraction of sp³-hybridized carbons (Fsp3) is 0.464. The molecule has 0 fully saturated rings. The summed E-state index contributed by atoms with van der Waals surface area (Å²) < 4.78 is 11.1. The number of benzene rings is 2. The van der Waals surface area contributed by atoms with Gasteiger partial charge in [0, 0.05) is 25.4 Å². The van der Waals surface area contributed by atoms with Crippen LogP contribution in [0.5, 0.6) is 17.2 Å². The Balaban J connectivity index is 1.94. The van der Waals surface area contributed by atoms with Gasteiger partial charge in [-0.15, -0.1) is 0 Å². The fourth-order valence-electron chi connectivity index (χ4n) is 4.02. The van der Waals surface area contributed by atoms with Crippen molar-refractivity contribution < 1.29 is 29.1 Å². The van der Waals surface area contributed by atoms with Gasteiger partial charge in [-0.25, -0.2) is 0 Å². The van der Waals surface area contributed by atoms with Gasteiger partial charge in [-0.2, -0.15) is 0 Å². The van der Waals surface area contributed by atoms with E-state index in [1.54, 1.807) is 38.1 Å². The van der Waals surface area contributed by atoms with Gasteiger partial charge in [0.05, 0.1) is 36.3 Å². The highest BCUT2D eigenvalue weighted by Gasteiger charge is 2.26. The predicted molar refractivity (Wildman–Crippen MR) is 155 cm³/mol. The van der Waals surface area contributed by atoms with Crippen molar-refractivity contribution in [3.8, 4) is 17.2 Å². The lowest BCUT2D eigenvalue weighted by atomic mass is 10.0. The van der Waals surface area contributed by atoms with Gasteiger partial charge in [0.1, 0.15) is 5.75 Å². The molecule has 0 aromatic heterocycles. The van der Waals surface area contributed by atoms with E-state index in [0.29, 0.717) is 38.8 Å². The summed E-state index contributed by atoms with van der Waals surface area (Å²) in [5.74, 6) is -0.121. The molecule has 0 heterocycles. The van der Waals surface area contributed by atoms with Crippen LogP contribution in [-0.4, -0.2) is 54.6 Å². The zero-order chi connectivity index (χ0) is 30.4. The average molecular weight is 573 g/mol. The van der Waals surface area contributed by atoms with Crippen LogP contribution in [0.3, 0.4) is 0 Å². The van der Waals surface area contributed by atoms with Crippen molar-refractivity contribution in [2.24, 2.45) is 22.4 Å². The number of phenolic OH excluding ortho intramolecular Hbond substituents is 1. The van der Waals surface area contributed by atoms with Crippen molar-refractivity contribution >= 4 is 23.5 Å². The molecule has 0 aliphatic heterocycles. The fourth-order valence-corrected chi connectivity index (χ4v) is 4.02. The van der Waals surface area contributed by atoms with E-state index in [9.17, 15) is 24.8 Å². The third-order valence-corrected chi connectivity index (χ3v) is 6.35. The summed E-state index contributed by atoms with van der Waals surface area (Å²) in [5.41, 5.74) is 11.7. The van der Waals surface area contributed by atoms with Crippen molar-refractivity contribution in [3.63, 3.8) is 0 Å². The summed E-state index contributed by atoms with van der Waals surface area (Å²) in [7, 11) is 1.38. The van der Waals surface area contributed by atoms with Gasteiger partial charge >= 0.3 is 0 Å². The number of hydrogen-bond acceptors (Lipinski definition) is 8. The van der Waals surface area contributed by atoms with Crippen LogP contribution in [0.2, 0.25) is 0 Å². The van der Waals surface area contributed by atoms with E-state index in [4.69, 9.17) is 20.9 Å². The first-order valence-electron chi connectivity index (χ1n) is 13.4. The highest BCUT2D eigenvalue weighted by Crippen LogP contribution is 2.37. The largest absolute Gasteiger partial charge is 0.508 e. The van der Waals surface area contributed by atoms with E-state index in [2.05, 4.69) is 15.6 Å². The molecule has 2 atom stereocenters. The number of methoxy groups -OCH3 is 1. The summed E-state index contributed by atoms with van der Waals surface area (Å²) in [6.07, 6.45) is 2.42. The number of nitrogens with zero attached hydrogens (tertiary/aromatic N) is 2. The minimum atomic E-state index is -0.685. The number of aromatic hydroxyl groups is 1. The molecule has 41 heavy (non-hydrogen) atoms. The summed E-state index contributed by atoms with van der Waals surface area (Å²) in [6.45, 7) is 4.46. The Bertz CT molecular complexity index is 1200. The Morgan fingerprint density at radius 1 is 1.12 bits per heavy atom. The number of nitrogens with one attached hydrogen (secondary N) is 2. The molecule has 0 saturated heterocycles. The van der Waals surface area contributed by atoms with Gasteiger partial charge in [0.25, 0.3) is 5.69 Å². The second kappa shape index (κ2) is 16.5. The first kappa shape index (κ1) is 32.7. The van der Waals surface area contributed by atoms with Crippen LogP contribution >= 0.6 is 0 Å². The molecule has 2 aromatic carbocycles. The number of hydrogen-bond donors (Lipinski definition) is 5. The van der Waals surface area contributed by atoms with Crippen molar-refractivity contribution in [1.29, 1.82) is 0 Å². The minimum Gasteiger partial charge on any atom is -0.508 e. The summed E-state index contributed by atoms with van der Waals surface area (Å²) in [6, 6.07) is 8.86. The third-order valence-electron chi connectivity index (χ3n) is 6.35. The quantitative estimate of drug-likeness (QED) is 0.0620. The van der Waals surface area contributed by atoms with E-state index in [1.165, 1.54) is 19.2 Å². The van der Waals surface area contributed by atoms with Crippen LogP contribution < -0.4 is 31.6 Å². The van der Waals surface area contributed by atoms with Gasteiger partial charge in [-0.3, -0.25) is 24.7 Å². The number of carbonyl (C=O) groups is 2. The van der Waals surface area contributed by atoms with Crippen LogP contribution in [0.1, 0.15) is 56.7 Å². The maximum Gasteiger partial charge on any atom is 0.278 e. The molecule has 2 aromatic rings. The zero-order valence-corrected chi connectivity index (χ0v) is 23.7. The molecule has 13 nitrogen and oxygen atoms in total. The molecule has 2 rings (SSSR count). The first-order valence-corrected chi connectivity index (χ1v) is 13.4. The van der Waals surface area contributed by atoms with Crippen LogP contribution in [0, 0.1) is 16.0 Å². The molecule has 0 radical (unpaired) electrons. The molecular weight excluding hydrogens is 532 g/mol. The molecule has 0 spiro atoms. The number of amides is 2. The SMILES string of the molecule is COc1cc([N+](=O)[O-])c(C(C)NC(=O)C(C)CCCN=C(N)N)cc1OCCCC(=O)NCCc1ccc(O)cc1. The Morgan fingerprint density at radius 2 is 1.83 bits per heavy atom. The number of guanidine groups is 1. The van der Waals surface area contributed by atoms with Gasteiger partial charge in [-0.1, -0.05) is 19.1 Å². The number of phenols is 1. The number of ether oxygens (including phenoxy) is 2. The van der Waals surface area contributed by atoms with Crippen molar-refractivity contribution in [2.75, 3.05) is 26.8 Å². The van der Waals surface area contributed by atoms with E-state index >= 15 is 0 Å². The Labute approximate surface area is 239 Å². The third kappa shape index (κ3) is 11.2. The number of nitro benzene ring substituents is 1. The van der Waals surface area contributed by atoms with E-state index < -0.39 is 11.0 Å². The molecule has 0 aliphatic rings. The zero-order valence-electron chi connectivity index (χ0n) is 23.7. The van der Waals surface area contributed by atoms with Gasteiger partial charge in [-0.05, 0) is 56.4 Å². The highest BCUT2D eigenvalue weighted by molar-refractivity contribution is 5.79. The Hall–Kier alpha value is -4.55. The van der Waals surface area contributed by atoms with E-state index in [1.807, 2.05) is 0 Å². The number of nitrogens with two attached hydrogens (primary N) is 2. The topological polar surface area (TPSA) is 204 Å². The summed E-state index contributed by atoms with van der Waals surface area (Å²) in [4.78, 5) is 40.1. The second-order valence-corrected chi connectivity index (χ2v) is 9.62. The second-order valence-electron chi connectivity index (χ2n) is 9.62. The molecule has 0 saturated carbocycles. The van der Waals surface area contributed by atoms with Crippen molar-refractivity contribution in [1.82, 2.24) is 10.6 Å². The number of nitro groups is 1. The Kier molecular flexibility index (Phi) is 13.2. The van der Waals surface area contributed by atoms with Crippen LogP contribution in [0.15, 0.2) is 41.4 Å². The standard InChI is InChI=1S/C28H40N6O7/c1-18(6-4-13-32-28(29)30)27(37)33-19(2)22-16-25(24(40-3)17-23(22)34(38)39)41-15-5-7-26(36)31-14-12-20-8-10-21(35)11-9-20/h8-11,16-19,35H,4-7,12-15H2,1-3H3,(H,31,36)(H,33,37)(H4,29,30,32). The summed E-state index contributed by atoms with van der Waals surface area (Å²) in [5, 5.41) is 26.8. The van der Waals surface area contributed by atoms with E-state index in [0.717, 1.165) is 5.56 Å². The normalized spacial score (nSPS) is 12.1. The van der Waals surface area contributed by atoms with Crippen molar-refractivity contribution in [2.45, 2.75) is 52.0 Å².